The highest BCUT2D eigenvalue weighted by atomic mass is 15.2. The van der Waals surface area contributed by atoms with Gasteiger partial charge in [-0.25, -0.2) is 0 Å². The molecule has 0 aromatic carbocycles. The van der Waals surface area contributed by atoms with Crippen LogP contribution in [0.2, 0.25) is 0 Å². The van der Waals surface area contributed by atoms with Gasteiger partial charge in [0.2, 0.25) is 0 Å². The molecule has 0 aliphatic heterocycles. The first-order valence-corrected chi connectivity index (χ1v) is 4.78. The Kier molecular flexibility index (Phi) is 7.96. The molecule has 1 N–H and O–H groups in total. The molecule has 0 rings (SSSR count). The monoisotopic (exact) mass is 158 g/mol. The highest BCUT2D eigenvalue weighted by Gasteiger charge is 1.97. The summed E-state index contributed by atoms with van der Waals surface area (Å²) in [5.41, 5.74) is 0. The molecular weight excluding hydrogens is 136 g/mol. The van der Waals surface area contributed by atoms with Crippen molar-refractivity contribution in [2.75, 3.05) is 26.3 Å². The summed E-state index contributed by atoms with van der Waals surface area (Å²) in [5, 5.41) is 3.40. The van der Waals surface area contributed by atoms with E-state index in [1.807, 2.05) is 0 Å². The van der Waals surface area contributed by atoms with Gasteiger partial charge in [0.1, 0.15) is 0 Å². The summed E-state index contributed by atoms with van der Waals surface area (Å²) in [6, 6.07) is 0. The van der Waals surface area contributed by atoms with Crippen LogP contribution >= 0.6 is 0 Å². The number of rotatable bonds is 7. The van der Waals surface area contributed by atoms with E-state index in [-0.39, 0.29) is 0 Å². The van der Waals surface area contributed by atoms with Gasteiger partial charge in [-0.05, 0) is 32.5 Å². The molecule has 0 heterocycles. The molecule has 0 amide bonds. The summed E-state index contributed by atoms with van der Waals surface area (Å²) >= 11 is 0. The summed E-state index contributed by atoms with van der Waals surface area (Å²) in [7, 11) is 0. The van der Waals surface area contributed by atoms with Crippen molar-refractivity contribution in [3.63, 3.8) is 0 Å². The van der Waals surface area contributed by atoms with Crippen molar-refractivity contribution in [3.05, 3.63) is 0 Å². The lowest BCUT2D eigenvalue weighted by Crippen LogP contribution is -2.34. The number of hydrogen-bond donors (Lipinski definition) is 1. The van der Waals surface area contributed by atoms with E-state index in [0.29, 0.717) is 0 Å². The van der Waals surface area contributed by atoms with E-state index in [1.54, 1.807) is 0 Å². The molecule has 0 aliphatic carbocycles. The predicted octanol–water partition coefficient (Wildman–Crippen LogP) is 1.68. The van der Waals surface area contributed by atoms with E-state index in [4.69, 9.17) is 0 Å². The molecule has 0 radical (unpaired) electrons. The zero-order valence-corrected chi connectivity index (χ0v) is 8.19. The van der Waals surface area contributed by atoms with Gasteiger partial charge in [0.05, 0.1) is 0 Å². The van der Waals surface area contributed by atoms with E-state index < -0.39 is 0 Å². The van der Waals surface area contributed by atoms with Gasteiger partial charge in [-0.2, -0.15) is 0 Å². The van der Waals surface area contributed by atoms with Crippen LogP contribution in [0, 0.1) is 0 Å². The van der Waals surface area contributed by atoms with Gasteiger partial charge in [-0.3, -0.25) is 4.90 Å². The van der Waals surface area contributed by atoms with Crippen LogP contribution in [0.3, 0.4) is 0 Å². The molecule has 11 heavy (non-hydrogen) atoms. The average Bonchev–Trinajstić information content (AvgIpc) is 2.03. The molecule has 0 aromatic heterocycles. The third kappa shape index (κ3) is 6.32. The zero-order chi connectivity index (χ0) is 8.53. The molecule has 0 spiro atoms. The third-order valence-corrected chi connectivity index (χ3v) is 1.75. The molecule has 0 bridgehead atoms. The van der Waals surface area contributed by atoms with Gasteiger partial charge < -0.3 is 5.32 Å². The second kappa shape index (κ2) is 8.02. The Balaban J connectivity index is 3.20. The summed E-state index contributed by atoms with van der Waals surface area (Å²) in [4.78, 5) is 2.43. The third-order valence-electron chi connectivity index (χ3n) is 1.75. The van der Waals surface area contributed by atoms with Crippen LogP contribution in [0.15, 0.2) is 0 Å². The normalized spacial score (nSPS) is 10.9. The van der Waals surface area contributed by atoms with Gasteiger partial charge in [-0.1, -0.05) is 20.8 Å². The Labute approximate surface area is 71.0 Å². The molecule has 2 heteroatoms. The van der Waals surface area contributed by atoms with Crippen molar-refractivity contribution in [2.45, 2.75) is 33.6 Å². The van der Waals surface area contributed by atoms with E-state index >= 15 is 0 Å². The molecule has 0 aliphatic rings. The standard InChI is InChI=1S/C9H22N2/c1-4-7-10-9-11(6-3)8-5-2/h10H,4-9H2,1-3H3. The zero-order valence-electron chi connectivity index (χ0n) is 8.19. The fraction of sp³-hybridized carbons (Fsp3) is 1.00. The lowest BCUT2D eigenvalue weighted by molar-refractivity contribution is 0.266. The Morgan fingerprint density at radius 2 is 1.82 bits per heavy atom. The van der Waals surface area contributed by atoms with Crippen LogP contribution in [0.4, 0.5) is 0 Å². The number of nitrogens with one attached hydrogen (secondary N) is 1. The van der Waals surface area contributed by atoms with Crippen LogP contribution in [0.5, 0.6) is 0 Å². The molecule has 0 unspecified atom stereocenters. The van der Waals surface area contributed by atoms with Gasteiger partial charge >= 0.3 is 0 Å². The molecule has 0 atom stereocenters. The Morgan fingerprint density at radius 1 is 1.09 bits per heavy atom. The van der Waals surface area contributed by atoms with Crippen LogP contribution in [-0.2, 0) is 0 Å². The van der Waals surface area contributed by atoms with Gasteiger partial charge in [0.25, 0.3) is 0 Å². The Hall–Kier alpha value is -0.0800. The largest absolute Gasteiger partial charge is 0.304 e. The first-order chi connectivity index (χ1) is 5.35. The van der Waals surface area contributed by atoms with Crippen LogP contribution in [-0.4, -0.2) is 31.2 Å². The van der Waals surface area contributed by atoms with E-state index in [9.17, 15) is 0 Å². The van der Waals surface area contributed by atoms with E-state index in [1.165, 1.54) is 19.4 Å². The van der Waals surface area contributed by atoms with Gasteiger partial charge in [-0.15, -0.1) is 0 Å². The fourth-order valence-corrected chi connectivity index (χ4v) is 1.08. The second-order valence-corrected chi connectivity index (χ2v) is 2.87. The second-order valence-electron chi connectivity index (χ2n) is 2.87. The van der Waals surface area contributed by atoms with Crippen molar-refractivity contribution in [3.8, 4) is 0 Å². The average molecular weight is 158 g/mol. The van der Waals surface area contributed by atoms with Gasteiger partial charge in [0, 0.05) is 6.67 Å². The van der Waals surface area contributed by atoms with Crippen molar-refractivity contribution in [1.82, 2.24) is 10.2 Å². The molecule has 0 saturated heterocycles. The van der Waals surface area contributed by atoms with Crippen molar-refractivity contribution < 1.29 is 0 Å². The maximum atomic E-state index is 3.40. The van der Waals surface area contributed by atoms with Crippen LogP contribution < -0.4 is 5.32 Å². The Morgan fingerprint density at radius 3 is 2.27 bits per heavy atom. The highest BCUT2D eigenvalue weighted by Crippen LogP contribution is 1.87. The molecule has 68 valence electrons. The van der Waals surface area contributed by atoms with E-state index in [0.717, 1.165) is 19.8 Å². The smallest absolute Gasteiger partial charge is 0.0480 e. The van der Waals surface area contributed by atoms with Crippen LogP contribution in [0.1, 0.15) is 33.6 Å². The predicted molar refractivity (Wildman–Crippen MR) is 50.7 cm³/mol. The summed E-state index contributed by atoms with van der Waals surface area (Å²) in [6.07, 6.45) is 2.48. The maximum Gasteiger partial charge on any atom is 0.0480 e. The number of hydrogen-bond acceptors (Lipinski definition) is 2. The van der Waals surface area contributed by atoms with Crippen molar-refractivity contribution in [2.24, 2.45) is 0 Å². The highest BCUT2D eigenvalue weighted by molar-refractivity contribution is 4.51. The molecule has 0 fully saturated rings. The molecule has 0 saturated carbocycles. The first-order valence-electron chi connectivity index (χ1n) is 4.78. The quantitative estimate of drug-likeness (QED) is 0.448. The maximum absolute atomic E-state index is 3.40. The van der Waals surface area contributed by atoms with E-state index in [2.05, 4.69) is 31.0 Å². The topological polar surface area (TPSA) is 15.3 Å². The molecular formula is C9H22N2. The minimum Gasteiger partial charge on any atom is -0.304 e. The minimum absolute atomic E-state index is 1.05. The molecule has 2 nitrogen and oxygen atoms in total. The lowest BCUT2D eigenvalue weighted by Gasteiger charge is -2.19. The number of nitrogens with zero attached hydrogens (tertiary/aromatic N) is 1. The van der Waals surface area contributed by atoms with Crippen LogP contribution in [0.25, 0.3) is 0 Å². The Bertz CT molecular complexity index is 74.0. The SMILES string of the molecule is CCCNCN(CC)CCC. The lowest BCUT2D eigenvalue weighted by atomic mass is 10.4. The van der Waals surface area contributed by atoms with Gasteiger partial charge in [0.15, 0.2) is 0 Å². The summed E-state index contributed by atoms with van der Waals surface area (Å²) in [6.45, 7) is 11.2. The van der Waals surface area contributed by atoms with Crippen molar-refractivity contribution >= 4 is 0 Å². The molecule has 0 aromatic rings. The summed E-state index contributed by atoms with van der Waals surface area (Å²) < 4.78 is 0. The first kappa shape index (κ1) is 10.9. The van der Waals surface area contributed by atoms with Crippen molar-refractivity contribution in [1.29, 1.82) is 0 Å². The summed E-state index contributed by atoms with van der Waals surface area (Å²) in [5.74, 6) is 0. The fourth-order valence-electron chi connectivity index (χ4n) is 1.08. The minimum atomic E-state index is 1.05.